The Morgan fingerprint density at radius 3 is 2.12 bits per heavy atom. The van der Waals surface area contributed by atoms with E-state index in [0.29, 0.717) is 24.9 Å². The Morgan fingerprint density at radius 2 is 1.50 bits per heavy atom. The average molecular weight is 582 g/mol. The van der Waals surface area contributed by atoms with E-state index in [2.05, 4.69) is 26.3 Å². The van der Waals surface area contributed by atoms with Crippen molar-refractivity contribution in [3.63, 3.8) is 0 Å². The van der Waals surface area contributed by atoms with Crippen LogP contribution < -0.4 is 32.7 Å². The van der Waals surface area contributed by atoms with Gasteiger partial charge >= 0.3 is 5.97 Å². The number of phenols is 1. The molecule has 2 aromatic carbocycles. The lowest BCUT2D eigenvalue weighted by atomic mass is 10.0. The second-order valence-electron chi connectivity index (χ2n) is 10.2. The maximum Gasteiger partial charge on any atom is 0.326 e. The smallest absolute Gasteiger partial charge is 0.326 e. The zero-order valence-corrected chi connectivity index (χ0v) is 23.3. The number of nitrogens with one attached hydrogen (secondary N) is 4. The number of nitrogens with zero attached hydrogens (tertiary/aromatic N) is 1. The number of aliphatic imine (C=N–C) groups is 1. The summed E-state index contributed by atoms with van der Waals surface area (Å²) in [6.07, 6.45) is 2.06. The van der Waals surface area contributed by atoms with Gasteiger partial charge in [-0.05, 0) is 55.5 Å². The number of carboxylic acid groups (broad SMARTS) is 1. The molecule has 1 fully saturated rings. The SMILES string of the molecule is NC(N)=NCCCC(NC(=O)C(Cc1ccccc1)NC(=O)C1CCCN1)C(=O)NC(Cc1ccc(O)cc1)C(=O)O. The van der Waals surface area contributed by atoms with Gasteiger partial charge in [-0.15, -0.1) is 0 Å². The van der Waals surface area contributed by atoms with Crippen LogP contribution in [0, 0.1) is 0 Å². The molecule has 1 saturated heterocycles. The van der Waals surface area contributed by atoms with E-state index < -0.39 is 42.0 Å². The molecular weight excluding hydrogens is 542 g/mol. The van der Waals surface area contributed by atoms with E-state index in [9.17, 15) is 29.4 Å². The minimum atomic E-state index is -1.30. The van der Waals surface area contributed by atoms with Crippen LogP contribution in [0.25, 0.3) is 0 Å². The molecule has 0 spiro atoms. The number of hydrogen-bond donors (Lipinski definition) is 8. The van der Waals surface area contributed by atoms with Crippen molar-refractivity contribution >= 4 is 29.7 Å². The third-order valence-corrected chi connectivity index (χ3v) is 6.86. The number of hydrogen-bond acceptors (Lipinski definition) is 7. The first-order valence-electron chi connectivity index (χ1n) is 13.9. The summed E-state index contributed by atoms with van der Waals surface area (Å²) in [6.45, 7) is 0.899. The average Bonchev–Trinajstić information content (AvgIpc) is 3.51. The zero-order chi connectivity index (χ0) is 30.5. The molecule has 0 bridgehead atoms. The maximum absolute atomic E-state index is 13.6. The number of aliphatic carboxylic acids is 1. The number of guanidine groups is 1. The standard InChI is InChI=1S/C29H39N7O6/c30-29(31)33-15-5-9-22(26(39)36-24(28(41)42)17-19-10-12-20(37)13-11-19)34-27(40)23(16-18-6-2-1-3-7-18)35-25(38)21-8-4-14-32-21/h1-3,6-7,10-13,21-24,32,37H,4-5,8-9,14-17H2,(H,34,40)(H,35,38)(H,36,39)(H,41,42)(H4,30,31,33). The zero-order valence-electron chi connectivity index (χ0n) is 23.3. The highest BCUT2D eigenvalue weighted by atomic mass is 16.4. The van der Waals surface area contributed by atoms with Gasteiger partial charge in [0.25, 0.3) is 0 Å². The van der Waals surface area contributed by atoms with Crippen LogP contribution in [0.1, 0.15) is 36.8 Å². The van der Waals surface area contributed by atoms with Crippen LogP contribution in [-0.2, 0) is 32.0 Å². The van der Waals surface area contributed by atoms with Crippen LogP contribution in [0.2, 0.25) is 0 Å². The van der Waals surface area contributed by atoms with Crippen LogP contribution in [0.5, 0.6) is 5.75 Å². The van der Waals surface area contributed by atoms with Gasteiger partial charge < -0.3 is 42.9 Å². The highest BCUT2D eigenvalue weighted by molar-refractivity contribution is 5.94. The fourth-order valence-corrected chi connectivity index (χ4v) is 4.62. The fourth-order valence-electron chi connectivity index (χ4n) is 4.62. The Balaban J connectivity index is 1.77. The number of aromatic hydroxyl groups is 1. The number of amides is 3. The quantitative estimate of drug-likeness (QED) is 0.0772. The lowest BCUT2D eigenvalue weighted by Crippen LogP contribution is -2.57. The molecule has 0 radical (unpaired) electrons. The van der Waals surface area contributed by atoms with Crippen LogP contribution in [0.3, 0.4) is 0 Å². The van der Waals surface area contributed by atoms with Crippen molar-refractivity contribution in [3.05, 3.63) is 65.7 Å². The van der Waals surface area contributed by atoms with E-state index >= 15 is 0 Å². The molecule has 1 aliphatic heterocycles. The van der Waals surface area contributed by atoms with E-state index in [1.807, 2.05) is 30.3 Å². The molecule has 3 amide bonds. The minimum Gasteiger partial charge on any atom is -0.508 e. The Morgan fingerprint density at radius 1 is 0.881 bits per heavy atom. The molecule has 4 unspecified atom stereocenters. The third-order valence-electron chi connectivity index (χ3n) is 6.86. The Hall–Kier alpha value is -4.65. The summed E-state index contributed by atoms with van der Waals surface area (Å²) in [5.74, 6) is -2.96. The molecule has 1 heterocycles. The number of phenolic OH excluding ortho intramolecular Hbond substituents is 1. The summed E-state index contributed by atoms with van der Waals surface area (Å²) in [7, 11) is 0. The summed E-state index contributed by atoms with van der Waals surface area (Å²) in [5, 5.41) is 30.4. The first-order valence-corrected chi connectivity index (χ1v) is 13.9. The fraction of sp³-hybridized carbons (Fsp3) is 0.414. The molecule has 1 aliphatic rings. The van der Waals surface area contributed by atoms with E-state index in [1.165, 1.54) is 12.1 Å². The number of rotatable bonds is 15. The largest absolute Gasteiger partial charge is 0.508 e. The van der Waals surface area contributed by atoms with Crippen molar-refractivity contribution < 1.29 is 29.4 Å². The van der Waals surface area contributed by atoms with E-state index in [-0.39, 0.29) is 43.4 Å². The Labute approximate surface area is 244 Å². The van der Waals surface area contributed by atoms with Crippen molar-refractivity contribution in [1.82, 2.24) is 21.3 Å². The Bertz CT molecular complexity index is 1230. The molecule has 0 aliphatic carbocycles. The lowest BCUT2D eigenvalue weighted by Gasteiger charge is -2.25. The van der Waals surface area contributed by atoms with Crippen LogP contribution in [0.4, 0.5) is 0 Å². The molecule has 4 atom stereocenters. The number of carbonyl (C=O) groups is 4. The van der Waals surface area contributed by atoms with Gasteiger partial charge in [-0.3, -0.25) is 19.4 Å². The van der Waals surface area contributed by atoms with Crippen LogP contribution >= 0.6 is 0 Å². The molecular formula is C29H39N7O6. The van der Waals surface area contributed by atoms with Gasteiger partial charge in [0.15, 0.2) is 5.96 Å². The summed E-state index contributed by atoms with van der Waals surface area (Å²) in [6, 6.07) is 11.3. The molecule has 13 nitrogen and oxygen atoms in total. The van der Waals surface area contributed by atoms with Gasteiger partial charge in [0.1, 0.15) is 23.9 Å². The van der Waals surface area contributed by atoms with Crippen molar-refractivity contribution in [3.8, 4) is 5.75 Å². The molecule has 10 N–H and O–H groups in total. The van der Waals surface area contributed by atoms with Gasteiger partial charge in [0, 0.05) is 19.4 Å². The lowest BCUT2D eigenvalue weighted by molar-refractivity contribution is -0.142. The maximum atomic E-state index is 13.6. The van der Waals surface area contributed by atoms with Crippen LogP contribution in [0.15, 0.2) is 59.6 Å². The molecule has 3 rings (SSSR count). The van der Waals surface area contributed by atoms with Gasteiger partial charge in [0.2, 0.25) is 17.7 Å². The van der Waals surface area contributed by atoms with E-state index in [4.69, 9.17) is 11.5 Å². The highest BCUT2D eigenvalue weighted by Gasteiger charge is 2.31. The Kier molecular flexibility index (Phi) is 12.1. The van der Waals surface area contributed by atoms with Gasteiger partial charge in [-0.1, -0.05) is 42.5 Å². The van der Waals surface area contributed by atoms with Crippen molar-refractivity contribution in [2.75, 3.05) is 13.1 Å². The van der Waals surface area contributed by atoms with Crippen molar-refractivity contribution in [2.45, 2.75) is 62.7 Å². The highest BCUT2D eigenvalue weighted by Crippen LogP contribution is 2.13. The van der Waals surface area contributed by atoms with E-state index in [1.54, 1.807) is 12.1 Å². The van der Waals surface area contributed by atoms with Crippen molar-refractivity contribution in [1.29, 1.82) is 0 Å². The van der Waals surface area contributed by atoms with E-state index in [0.717, 1.165) is 12.0 Å². The summed E-state index contributed by atoms with van der Waals surface area (Å²) in [5.41, 5.74) is 12.2. The minimum absolute atomic E-state index is 0.0269. The molecule has 0 aromatic heterocycles. The summed E-state index contributed by atoms with van der Waals surface area (Å²) < 4.78 is 0. The normalized spacial score (nSPS) is 16.4. The molecule has 2 aromatic rings. The molecule has 0 saturated carbocycles. The topological polar surface area (TPSA) is 221 Å². The molecule has 226 valence electrons. The predicted octanol–water partition coefficient (Wildman–Crippen LogP) is -0.478. The molecule has 42 heavy (non-hydrogen) atoms. The second kappa shape index (κ2) is 16.0. The monoisotopic (exact) mass is 581 g/mol. The van der Waals surface area contributed by atoms with Gasteiger partial charge in [-0.2, -0.15) is 0 Å². The first kappa shape index (κ1) is 31.9. The number of carbonyl (C=O) groups excluding carboxylic acids is 3. The third kappa shape index (κ3) is 10.4. The number of benzene rings is 2. The van der Waals surface area contributed by atoms with Gasteiger partial charge in [0.05, 0.1) is 6.04 Å². The second-order valence-corrected chi connectivity index (χ2v) is 10.2. The summed E-state index contributed by atoms with van der Waals surface area (Å²) in [4.78, 5) is 55.7. The molecule has 13 heteroatoms. The van der Waals surface area contributed by atoms with Crippen LogP contribution in [-0.4, -0.2) is 77.1 Å². The first-order chi connectivity index (χ1) is 20.1. The number of nitrogens with two attached hydrogens (primary N) is 2. The number of carboxylic acids is 1. The summed E-state index contributed by atoms with van der Waals surface area (Å²) >= 11 is 0. The van der Waals surface area contributed by atoms with Gasteiger partial charge in [-0.25, -0.2) is 4.79 Å². The van der Waals surface area contributed by atoms with Crippen molar-refractivity contribution in [2.24, 2.45) is 16.5 Å². The predicted molar refractivity (Wildman–Crippen MR) is 156 cm³/mol.